The van der Waals surface area contributed by atoms with Crippen molar-refractivity contribution in [2.45, 2.75) is 45.3 Å². The third-order valence-corrected chi connectivity index (χ3v) is 5.01. The van der Waals surface area contributed by atoms with E-state index in [0.717, 1.165) is 43.6 Å². The summed E-state index contributed by atoms with van der Waals surface area (Å²) in [6, 6.07) is 6.23. The number of amides is 1. The number of carbonyl (C=O) groups excluding carboxylic acids is 1. The number of halogens is 1. The normalized spacial score (nSPS) is 18.7. The summed E-state index contributed by atoms with van der Waals surface area (Å²) in [5.74, 6) is 1.99. The molecule has 1 aromatic rings. The molecule has 0 radical (unpaired) electrons. The van der Waals surface area contributed by atoms with Crippen molar-refractivity contribution in [3.05, 3.63) is 29.3 Å². The maximum Gasteiger partial charge on any atom is 0.223 e. The number of nitrogens with one attached hydrogen (secondary N) is 3. The zero-order valence-electron chi connectivity index (χ0n) is 17.3. The first-order chi connectivity index (χ1) is 13.7. The Hall–Kier alpha value is -1.55. The standard InChI is InChI=1S/C21H32N4O3.HI/c1-15-5-6-17(19(12-15)28-14-18-4-3-11-27-18)13-25-21(22-2)24-10-9-23-20(26)16-7-8-16;/h5-6,12,16,18H,3-4,7-11,13-14H2,1-2H3,(H,23,26)(H2,22,24,25);1H. The molecule has 3 rings (SSSR count). The van der Waals surface area contributed by atoms with Crippen LogP contribution in [-0.4, -0.2) is 51.3 Å². The number of rotatable bonds is 9. The lowest BCUT2D eigenvalue weighted by atomic mass is 10.1. The Bertz CT molecular complexity index is 689. The summed E-state index contributed by atoms with van der Waals surface area (Å²) in [6.45, 7) is 5.32. The van der Waals surface area contributed by atoms with Gasteiger partial charge in [0.05, 0.1) is 6.10 Å². The second kappa shape index (κ2) is 12.2. The van der Waals surface area contributed by atoms with Crippen molar-refractivity contribution >= 4 is 35.8 Å². The fourth-order valence-corrected chi connectivity index (χ4v) is 3.16. The average molecular weight is 516 g/mol. The third-order valence-electron chi connectivity index (χ3n) is 5.01. The number of carbonyl (C=O) groups is 1. The van der Waals surface area contributed by atoms with Crippen LogP contribution >= 0.6 is 24.0 Å². The molecule has 1 amide bonds. The fourth-order valence-electron chi connectivity index (χ4n) is 3.16. The minimum atomic E-state index is 0. The van der Waals surface area contributed by atoms with Gasteiger partial charge in [-0.1, -0.05) is 12.1 Å². The predicted molar refractivity (Wildman–Crippen MR) is 125 cm³/mol. The zero-order valence-corrected chi connectivity index (χ0v) is 19.7. The maximum atomic E-state index is 11.6. The van der Waals surface area contributed by atoms with Crippen molar-refractivity contribution < 1.29 is 14.3 Å². The van der Waals surface area contributed by atoms with Gasteiger partial charge in [0.2, 0.25) is 5.91 Å². The van der Waals surface area contributed by atoms with E-state index in [0.29, 0.717) is 32.2 Å². The maximum absolute atomic E-state index is 11.6. The van der Waals surface area contributed by atoms with Gasteiger partial charge in [-0.05, 0) is 44.2 Å². The van der Waals surface area contributed by atoms with E-state index in [-0.39, 0.29) is 41.9 Å². The Morgan fingerprint density at radius 2 is 2.00 bits per heavy atom. The molecule has 1 aliphatic carbocycles. The molecule has 1 atom stereocenters. The molecule has 1 saturated carbocycles. The van der Waals surface area contributed by atoms with Crippen molar-refractivity contribution in [2.24, 2.45) is 10.9 Å². The van der Waals surface area contributed by atoms with E-state index >= 15 is 0 Å². The molecule has 3 N–H and O–H groups in total. The Morgan fingerprint density at radius 3 is 2.69 bits per heavy atom. The second-order valence-corrected chi connectivity index (χ2v) is 7.48. The first-order valence-corrected chi connectivity index (χ1v) is 10.2. The number of hydrogen-bond donors (Lipinski definition) is 3. The van der Waals surface area contributed by atoms with Gasteiger partial charge in [0.15, 0.2) is 5.96 Å². The Labute approximate surface area is 190 Å². The Morgan fingerprint density at radius 1 is 1.21 bits per heavy atom. The summed E-state index contributed by atoms with van der Waals surface area (Å²) in [6.07, 6.45) is 4.42. The Kier molecular flexibility index (Phi) is 9.99. The molecule has 1 aliphatic heterocycles. The van der Waals surface area contributed by atoms with Crippen molar-refractivity contribution in [1.82, 2.24) is 16.0 Å². The topological polar surface area (TPSA) is 84.0 Å². The highest BCUT2D eigenvalue weighted by Crippen LogP contribution is 2.28. The molecule has 0 aromatic heterocycles. The van der Waals surface area contributed by atoms with Crippen LogP contribution in [0.15, 0.2) is 23.2 Å². The number of ether oxygens (including phenoxy) is 2. The van der Waals surface area contributed by atoms with Gasteiger partial charge < -0.3 is 25.4 Å². The van der Waals surface area contributed by atoms with Crippen LogP contribution in [0.25, 0.3) is 0 Å². The summed E-state index contributed by atoms with van der Waals surface area (Å²) in [7, 11) is 1.74. The summed E-state index contributed by atoms with van der Waals surface area (Å²) in [5.41, 5.74) is 2.24. The van der Waals surface area contributed by atoms with Gasteiger partial charge in [0, 0.05) is 44.8 Å². The molecule has 1 saturated heterocycles. The van der Waals surface area contributed by atoms with Crippen LogP contribution in [0.3, 0.4) is 0 Å². The fraction of sp³-hybridized carbons (Fsp3) is 0.619. The molecule has 0 bridgehead atoms. The molecular formula is C21H33IN4O3. The summed E-state index contributed by atoms with van der Waals surface area (Å²) >= 11 is 0. The molecule has 1 heterocycles. The monoisotopic (exact) mass is 516 g/mol. The second-order valence-electron chi connectivity index (χ2n) is 7.48. The predicted octanol–water partition coefficient (Wildman–Crippen LogP) is 2.36. The van der Waals surface area contributed by atoms with E-state index in [1.807, 2.05) is 0 Å². The summed E-state index contributed by atoms with van der Waals surface area (Å²) in [4.78, 5) is 15.9. The lowest BCUT2D eigenvalue weighted by Crippen LogP contribution is -2.41. The number of aliphatic imine (C=N–C) groups is 1. The number of aryl methyl sites for hydroxylation is 1. The Balaban J connectivity index is 0.00000300. The summed E-state index contributed by atoms with van der Waals surface area (Å²) < 4.78 is 11.7. The van der Waals surface area contributed by atoms with Crippen LogP contribution in [0.2, 0.25) is 0 Å². The lowest BCUT2D eigenvalue weighted by Gasteiger charge is -2.17. The quantitative estimate of drug-likeness (QED) is 0.203. The first kappa shape index (κ1) is 23.7. The molecule has 7 nitrogen and oxygen atoms in total. The molecule has 1 unspecified atom stereocenters. The van der Waals surface area contributed by atoms with Crippen LogP contribution in [-0.2, 0) is 16.1 Å². The van der Waals surface area contributed by atoms with Crippen molar-refractivity contribution in [3.63, 3.8) is 0 Å². The van der Waals surface area contributed by atoms with E-state index in [2.05, 4.69) is 46.1 Å². The van der Waals surface area contributed by atoms with Crippen LogP contribution in [0.4, 0.5) is 0 Å². The molecule has 8 heteroatoms. The van der Waals surface area contributed by atoms with Crippen molar-refractivity contribution in [1.29, 1.82) is 0 Å². The van der Waals surface area contributed by atoms with Gasteiger partial charge in [-0.15, -0.1) is 24.0 Å². The van der Waals surface area contributed by atoms with E-state index < -0.39 is 0 Å². The highest BCUT2D eigenvalue weighted by atomic mass is 127. The van der Waals surface area contributed by atoms with E-state index in [1.54, 1.807) is 7.05 Å². The largest absolute Gasteiger partial charge is 0.491 e. The molecule has 0 spiro atoms. The third kappa shape index (κ3) is 8.00. The first-order valence-electron chi connectivity index (χ1n) is 10.2. The van der Waals surface area contributed by atoms with Gasteiger partial charge in [-0.25, -0.2) is 0 Å². The van der Waals surface area contributed by atoms with Gasteiger partial charge in [0.25, 0.3) is 0 Å². The van der Waals surface area contributed by atoms with Crippen molar-refractivity contribution in [2.75, 3.05) is 33.4 Å². The van der Waals surface area contributed by atoms with E-state index in [1.165, 1.54) is 5.56 Å². The number of nitrogens with zero attached hydrogens (tertiary/aromatic N) is 1. The summed E-state index contributed by atoms with van der Waals surface area (Å²) in [5, 5.41) is 9.48. The zero-order chi connectivity index (χ0) is 19.8. The molecule has 29 heavy (non-hydrogen) atoms. The van der Waals surface area contributed by atoms with Crippen LogP contribution in [0.1, 0.15) is 36.8 Å². The molecule has 2 fully saturated rings. The average Bonchev–Trinajstić information content (AvgIpc) is 3.42. The minimum absolute atomic E-state index is 0. The van der Waals surface area contributed by atoms with Crippen LogP contribution in [0, 0.1) is 12.8 Å². The number of guanidine groups is 1. The molecule has 2 aliphatic rings. The highest BCUT2D eigenvalue weighted by molar-refractivity contribution is 14.0. The smallest absolute Gasteiger partial charge is 0.223 e. The molecular weight excluding hydrogens is 483 g/mol. The van der Waals surface area contributed by atoms with Gasteiger partial charge in [0.1, 0.15) is 12.4 Å². The van der Waals surface area contributed by atoms with Crippen LogP contribution < -0.4 is 20.7 Å². The van der Waals surface area contributed by atoms with E-state index in [9.17, 15) is 4.79 Å². The lowest BCUT2D eigenvalue weighted by molar-refractivity contribution is -0.122. The highest BCUT2D eigenvalue weighted by Gasteiger charge is 2.28. The number of benzene rings is 1. The SMILES string of the molecule is CN=C(NCCNC(=O)C1CC1)NCc1ccc(C)cc1OCC1CCCO1.I. The van der Waals surface area contributed by atoms with Gasteiger partial charge >= 0.3 is 0 Å². The molecule has 162 valence electrons. The van der Waals surface area contributed by atoms with Gasteiger partial charge in [-0.3, -0.25) is 9.79 Å². The van der Waals surface area contributed by atoms with E-state index in [4.69, 9.17) is 9.47 Å². The minimum Gasteiger partial charge on any atom is -0.491 e. The molecule has 1 aromatic carbocycles. The van der Waals surface area contributed by atoms with Crippen molar-refractivity contribution in [3.8, 4) is 5.75 Å². The number of hydrogen-bond acceptors (Lipinski definition) is 4. The van der Waals surface area contributed by atoms with Crippen LogP contribution in [0.5, 0.6) is 5.75 Å². The van der Waals surface area contributed by atoms with Gasteiger partial charge in [-0.2, -0.15) is 0 Å².